The molecule has 106 valence electrons. The molecule has 0 unspecified atom stereocenters. The van der Waals surface area contributed by atoms with E-state index >= 15 is 0 Å². The number of nitro groups is 1. The van der Waals surface area contributed by atoms with Gasteiger partial charge in [-0.1, -0.05) is 18.5 Å². The van der Waals surface area contributed by atoms with E-state index in [-0.39, 0.29) is 16.4 Å². The van der Waals surface area contributed by atoms with Crippen LogP contribution in [0.25, 0.3) is 0 Å². The Kier molecular flexibility index (Phi) is 4.51. The molecule has 0 atom stereocenters. The van der Waals surface area contributed by atoms with Crippen molar-refractivity contribution in [2.45, 2.75) is 19.9 Å². The van der Waals surface area contributed by atoms with E-state index in [4.69, 9.17) is 11.6 Å². The second-order valence-corrected chi connectivity index (χ2v) is 5.57. The van der Waals surface area contributed by atoms with Crippen molar-refractivity contribution in [1.29, 1.82) is 0 Å². The minimum atomic E-state index is -0.813. The van der Waals surface area contributed by atoms with Gasteiger partial charge in [0.1, 0.15) is 16.5 Å². The Balaban J connectivity index is 2.20. The molecule has 0 aliphatic heterocycles. The van der Waals surface area contributed by atoms with Gasteiger partial charge in [-0.15, -0.1) is 11.3 Å². The van der Waals surface area contributed by atoms with Crippen molar-refractivity contribution < 1.29 is 9.31 Å². The summed E-state index contributed by atoms with van der Waals surface area (Å²) in [6.07, 6.45) is 2.66. The monoisotopic (exact) mass is 315 g/mol. The molecule has 1 aromatic heterocycles. The maximum atomic E-state index is 13.3. The molecule has 5 nitrogen and oxygen atoms in total. The number of nitrogens with zero attached hydrogens (tertiary/aromatic N) is 2. The van der Waals surface area contributed by atoms with Gasteiger partial charge >= 0.3 is 0 Å². The summed E-state index contributed by atoms with van der Waals surface area (Å²) in [6, 6.07) is 2.02. The number of anilines is 1. The van der Waals surface area contributed by atoms with Gasteiger partial charge in [-0.25, -0.2) is 9.37 Å². The highest BCUT2D eigenvalue weighted by atomic mass is 35.5. The van der Waals surface area contributed by atoms with Crippen molar-refractivity contribution in [3.05, 3.63) is 49.2 Å². The van der Waals surface area contributed by atoms with Crippen LogP contribution < -0.4 is 5.32 Å². The topological polar surface area (TPSA) is 68.1 Å². The molecule has 1 aromatic carbocycles. The number of halogens is 2. The van der Waals surface area contributed by atoms with Crippen LogP contribution in [0.1, 0.15) is 16.8 Å². The molecular weight excluding hydrogens is 305 g/mol. The Labute approximate surface area is 123 Å². The number of aryl methyl sites for hydroxylation is 1. The molecule has 0 amide bonds. The van der Waals surface area contributed by atoms with Crippen molar-refractivity contribution in [3.63, 3.8) is 0 Å². The van der Waals surface area contributed by atoms with Gasteiger partial charge in [-0.05, 0) is 12.5 Å². The van der Waals surface area contributed by atoms with E-state index in [1.54, 1.807) is 6.20 Å². The molecule has 20 heavy (non-hydrogen) atoms. The summed E-state index contributed by atoms with van der Waals surface area (Å²) in [7, 11) is 0. The highest BCUT2D eigenvalue weighted by Gasteiger charge is 2.17. The van der Waals surface area contributed by atoms with E-state index in [9.17, 15) is 14.5 Å². The van der Waals surface area contributed by atoms with Gasteiger partial charge in [0, 0.05) is 11.1 Å². The van der Waals surface area contributed by atoms with Gasteiger partial charge in [0.15, 0.2) is 0 Å². The summed E-state index contributed by atoms with van der Waals surface area (Å²) in [5.41, 5.74) is -0.172. The molecule has 2 rings (SSSR count). The molecule has 0 radical (unpaired) electrons. The number of thiazole rings is 1. The molecule has 8 heteroatoms. The SMILES string of the molecule is CCc1cnc(CNc2cc(Cl)c(F)cc2[N+](=O)[O-])s1. The van der Waals surface area contributed by atoms with Crippen LogP contribution in [0.4, 0.5) is 15.8 Å². The highest BCUT2D eigenvalue weighted by molar-refractivity contribution is 7.11. The Bertz CT molecular complexity index is 648. The smallest absolute Gasteiger partial charge is 0.295 e. The van der Waals surface area contributed by atoms with Crippen LogP contribution in [0, 0.1) is 15.9 Å². The maximum absolute atomic E-state index is 13.3. The first kappa shape index (κ1) is 14.7. The van der Waals surface area contributed by atoms with Gasteiger partial charge in [0.05, 0.1) is 22.6 Å². The quantitative estimate of drug-likeness (QED) is 0.668. The van der Waals surface area contributed by atoms with Crippen LogP contribution in [0.3, 0.4) is 0 Å². The zero-order chi connectivity index (χ0) is 14.7. The largest absolute Gasteiger partial charge is 0.373 e. The van der Waals surface area contributed by atoms with Gasteiger partial charge in [-0.2, -0.15) is 0 Å². The molecule has 0 aliphatic rings. The van der Waals surface area contributed by atoms with Crippen LogP contribution in [0.15, 0.2) is 18.3 Å². The minimum absolute atomic E-state index is 0.161. The lowest BCUT2D eigenvalue weighted by molar-refractivity contribution is -0.384. The lowest BCUT2D eigenvalue weighted by Crippen LogP contribution is -2.03. The van der Waals surface area contributed by atoms with Crippen LogP contribution in [-0.2, 0) is 13.0 Å². The fourth-order valence-electron chi connectivity index (χ4n) is 1.59. The van der Waals surface area contributed by atoms with Crippen LogP contribution in [0.5, 0.6) is 0 Å². The molecule has 0 fully saturated rings. The minimum Gasteiger partial charge on any atom is -0.373 e. The van der Waals surface area contributed by atoms with Crippen molar-refractivity contribution >= 4 is 34.3 Å². The molecule has 0 bridgehead atoms. The zero-order valence-electron chi connectivity index (χ0n) is 10.5. The van der Waals surface area contributed by atoms with Gasteiger partial charge in [-0.3, -0.25) is 10.1 Å². The van der Waals surface area contributed by atoms with Gasteiger partial charge in [0.25, 0.3) is 5.69 Å². The third kappa shape index (κ3) is 3.23. The Morgan fingerprint density at radius 1 is 1.55 bits per heavy atom. The average Bonchev–Trinajstić information content (AvgIpc) is 2.87. The molecule has 2 aromatic rings. The van der Waals surface area contributed by atoms with Gasteiger partial charge < -0.3 is 5.32 Å². The van der Waals surface area contributed by atoms with E-state index in [1.807, 2.05) is 6.92 Å². The summed E-state index contributed by atoms with van der Waals surface area (Å²) in [4.78, 5) is 15.6. The number of benzene rings is 1. The summed E-state index contributed by atoms with van der Waals surface area (Å²) in [5, 5.41) is 14.4. The normalized spacial score (nSPS) is 10.6. The first-order valence-corrected chi connectivity index (χ1v) is 7.01. The summed E-state index contributed by atoms with van der Waals surface area (Å²) < 4.78 is 13.3. The second kappa shape index (κ2) is 6.15. The van der Waals surface area contributed by atoms with E-state index in [0.717, 1.165) is 22.4 Å². The number of aromatic nitrogens is 1. The lowest BCUT2D eigenvalue weighted by atomic mass is 10.2. The van der Waals surface area contributed by atoms with Crippen molar-refractivity contribution in [3.8, 4) is 0 Å². The van der Waals surface area contributed by atoms with Crippen molar-refractivity contribution in [2.75, 3.05) is 5.32 Å². The predicted octanol–water partition coefficient (Wildman–Crippen LogP) is 4.02. The fraction of sp³-hybridized carbons (Fsp3) is 0.250. The van der Waals surface area contributed by atoms with Crippen molar-refractivity contribution in [2.24, 2.45) is 0 Å². The molecular formula is C12H11ClFN3O2S. The van der Waals surface area contributed by atoms with Crippen LogP contribution >= 0.6 is 22.9 Å². The first-order chi connectivity index (χ1) is 9.51. The van der Waals surface area contributed by atoms with E-state index < -0.39 is 10.7 Å². The van der Waals surface area contributed by atoms with Crippen molar-refractivity contribution in [1.82, 2.24) is 4.98 Å². The Morgan fingerprint density at radius 2 is 2.30 bits per heavy atom. The Hall–Kier alpha value is -1.73. The third-order valence-electron chi connectivity index (χ3n) is 2.62. The number of hydrogen-bond donors (Lipinski definition) is 1. The molecule has 0 saturated heterocycles. The summed E-state index contributed by atoms with van der Waals surface area (Å²) in [5.74, 6) is -0.813. The lowest BCUT2D eigenvalue weighted by Gasteiger charge is -2.06. The van der Waals surface area contributed by atoms with E-state index in [1.165, 1.54) is 17.4 Å². The van der Waals surface area contributed by atoms with Crippen LogP contribution in [-0.4, -0.2) is 9.91 Å². The number of nitro benzene ring substituents is 1. The highest BCUT2D eigenvalue weighted by Crippen LogP contribution is 2.30. The van der Waals surface area contributed by atoms with Gasteiger partial charge in [0.2, 0.25) is 0 Å². The Morgan fingerprint density at radius 3 is 2.90 bits per heavy atom. The molecule has 0 aliphatic carbocycles. The fourth-order valence-corrected chi connectivity index (χ4v) is 2.56. The summed E-state index contributed by atoms with van der Waals surface area (Å²) >= 11 is 7.17. The molecule has 0 spiro atoms. The average molecular weight is 316 g/mol. The predicted molar refractivity (Wildman–Crippen MR) is 76.9 cm³/mol. The number of rotatable bonds is 5. The maximum Gasteiger partial charge on any atom is 0.295 e. The van der Waals surface area contributed by atoms with E-state index in [2.05, 4.69) is 10.3 Å². The molecule has 0 saturated carbocycles. The second-order valence-electron chi connectivity index (χ2n) is 3.97. The standard InChI is InChI=1S/C12H11ClFN3O2S/c1-2-7-5-16-12(20-7)6-15-10-3-8(13)9(14)4-11(10)17(18)19/h3-5,15H,2,6H2,1H3. The van der Waals surface area contributed by atoms with Crippen LogP contribution in [0.2, 0.25) is 5.02 Å². The molecule has 1 heterocycles. The molecule has 1 N–H and O–H groups in total. The number of nitrogens with one attached hydrogen (secondary N) is 1. The first-order valence-electron chi connectivity index (χ1n) is 5.82. The van der Waals surface area contributed by atoms with E-state index in [0.29, 0.717) is 6.54 Å². The third-order valence-corrected chi connectivity index (χ3v) is 4.05. The summed E-state index contributed by atoms with van der Waals surface area (Å²) in [6.45, 7) is 2.35. The number of hydrogen-bond acceptors (Lipinski definition) is 5. The zero-order valence-corrected chi connectivity index (χ0v) is 12.1.